The monoisotopic (exact) mass is 387 g/mol. The second kappa shape index (κ2) is 6.53. The number of nitrogens with two attached hydrogens (primary N) is 1. The molecule has 0 fully saturated rings. The summed E-state index contributed by atoms with van der Waals surface area (Å²) >= 11 is 0. The largest absolute Gasteiger partial charge is 0.468 e. The van der Waals surface area contributed by atoms with Gasteiger partial charge in [0.2, 0.25) is 5.88 Å². The minimum absolute atomic E-state index is 0.00231. The third-order valence-electron chi connectivity index (χ3n) is 5.27. The first-order chi connectivity index (χ1) is 14.0. The molecule has 0 spiro atoms. The Bertz CT molecular complexity index is 1290. The average Bonchev–Trinajstić information content (AvgIpc) is 2.76. The van der Waals surface area contributed by atoms with Crippen LogP contribution in [0.4, 0.5) is 0 Å². The van der Waals surface area contributed by atoms with Crippen molar-refractivity contribution in [3.05, 3.63) is 87.5 Å². The van der Waals surface area contributed by atoms with Crippen molar-refractivity contribution in [2.75, 3.05) is 7.11 Å². The number of methoxy groups -OCH3 is 1. The maximum absolute atomic E-state index is 13.5. The van der Waals surface area contributed by atoms with Crippen molar-refractivity contribution < 1.29 is 14.3 Å². The molecule has 0 saturated heterocycles. The molecule has 1 atom stereocenters. The Kier molecular flexibility index (Phi) is 4.13. The van der Waals surface area contributed by atoms with Crippen molar-refractivity contribution in [3.8, 4) is 11.8 Å². The highest BCUT2D eigenvalue weighted by Gasteiger charge is 2.55. The van der Waals surface area contributed by atoms with Crippen molar-refractivity contribution in [2.24, 2.45) is 12.8 Å². The van der Waals surface area contributed by atoms with Crippen molar-refractivity contribution in [1.29, 1.82) is 5.26 Å². The molecule has 1 aliphatic heterocycles. The Morgan fingerprint density at radius 3 is 2.48 bits per heavy atom. The number of hydrogen-bond donors (Lipinski definition) is 1. The van der Waals surface area contributed by atoms with Gasteiger partial charge < -0.3 is 19.8 Å². The standard InChI is InChI=1S/C22H17N3O4/c1-25-16-11-7-6-10-14(16)18-17(20(25)26)22(21(27)28-2,13-8-4-3-5-9-13)15(12-23)19(24)29-18/h3-11H,24H2,1-2H3. The van der Waals surface area contributed by atoms with Gasteiger partial charge in [-0.15, -0.1) is 0 Å². The van der Waals surface area contributed by atoms with E-state index in [9.17, 15) is 14.9 Å². The zero-order valence-electron chi connectivity index (χ0n) is 15.8. The van der Waals surface area contributed by atoms with Crippen LogP contribution >= 0.6 is 0 Å². The summed E-state index contributed by atoms with van der Waals surface area (Å²) in [5.74, 6) is -0.887. The van der Waals surface area contributed by atoms with Crippen LogP contribution in [0.15, 0.2) is 70.8 Å². The third-order valence-corrected chi connectivity index (χ3v) is 5.27. The molecule has 3 aromatic rings. The number of benzene rings is 2. The number of carbonyl (C=O) groups excluding carboxylic acids is 1. The van der Waals surface area contributed by atoms with Gasteiger partial charge in [-0.2, -0.15) is 5.26 Å². The summed E-state index contributed by atoms with van der Waals surface area (Å²) in [6.45, 7) is 0. The number of para-hydroxylation sites is 1. The first-order valence-electron chi connectivity index (χ1n) is 8.82. The van der Waals surface area contributed by atoms with Gasteiger partial charge in [0.05, 0.1) is 18.2 Å². The predicted octanol–water partition coefficient (Wildman–Crippen LogP) is 2.08. The summed E-state index contributed by atoms with van der Waals surface area (Å²) in [6.07, 6.45) is 0. The maximum Gasteiger partial charge on any atom is 0.326 e. The molecule has 144 valence electrons. The number of ether oxygens (including phenoxy) is 2. The number of carbonyl (C=O) groups is 1. The van der Waals surface area contributed by atoms with Gasteiger partial charge in [-0.05, 0) is 17.7 Å². The number of aryl methyl sites for hydroxylation is 1. The van der Waals surface area contributed by atoms with E-state index in [2.05, 4.69) is 0 Å². The summed E-state index contributed by atoms with van der Waals surface area (Å²) in [5.41, 5.74) is 4.60. The smallest absolute Gasteiger partial charge is 0.326 e. The van der Waals surface area contributed by atoms with E-state index < -0.39 is 16.9 Å². The molecule has 0 saturated carbocycles. The molecule has 4 rings (SSSR count). The summed E-state index contributed by atoms with van der Waals surface area (Å²) in [7, 11) is 2.81. The Hall–Kier alpha value is -4.05. The number of fused-ring (bicyclic) bond motifs is 3. The highest BCUT2D eigenvalue weighted by atomic mass is 16.5. The van der Waals surface area contributed by atoms with Gasteiger partial charge >= 0.3 is 5.97 Å². The molecular weight excluding hydrogens is 370 g/mol. The van der Waals surface area contributed by atoms with Gasteiger partial charge in [0.15, 0.2) is 5.41 Å². The molecule has 2 heterocycles. The van der Waals surface area contributed by atoms with Gasteiger partial charge in [-0.1, -0.05) is 42.5 Å². The van der Waals surface area contributed by atoms with Gasteiger partial charge in [-0.3, -0.25) is 9.59 Å². The number of nitriles is 1. The highest BCUT2D eigenvalue weighted by molar-refractivity contribution is 5.98. The normalized spacial score (nSPS) is 18.0. The second-order valence-corrected chi connectivity index (χ2v) is 6.65. The molecule has 7 heteroatoms. The fraction of sp³-hybridized carbons (Fsp3) is 0.136. The molecule has 2 N–H and O–H groups in total. The Morgan fingerprint density at radius 1 is 1.17 bits per heavy atom. The number of hydrogen-bond acceptors (Lipinski definition) is 6. The van der Waals surface area contributed by atoms with Crippen LogP contribution in [-0.2, 0) is 22.0 Å². The van der Waals surface area contributed by atoms with Crippen LogP contribution in [0, 0.1) is 11.3 Å². The lowest BCUT2D eigenvalue weighted by Gasteiger charge is -2.36. The number of pyridine rings is 1. The van der Waals surface area contributed by atoms with Gasteiger partial charge in [0, 0.05) is 12.4 Å². The molecule has 0 radical (unpaired) electrons. The molecule has 0 aliphatic carbocycles. The average molecular weight is 387 g/mol. The molecule has 7 nitrogen and oxygen atoms in total. The van der Waals surface area contributed by atoms with E-state index in [1.807, 2.05) is 6.07 Å². The lowest BCUT2D eigenvalue weighted by atomic mass is 9.68. The zero-order valence-corrected chi connectivity index (χ0v) is 15.8. The Labute approximate surface area is 166 Å². The highest BCUT2D eigenvalue weighted by Crippen LogP contribution is 2.48. The number of rotatable bonds is 2. The van der Waals surface area contributed by atoms with E-state index >= 15 is 0 Å². The first-order valence-corrected chi connectivity index (χ1v) is 8.82. The van der Waals surface area contributed by atoms with Crippen LogP contribution in [-0.4, -0.2) is 17.6 Å². The topological polar surface area (TPSA) is 107 Å². The molecule has 29 heavy (non-hydrogen) atoms. The summed E-state index contributed by atoms with van der Waals surface area (Å²) in [4.78, 5) is 26.8. The van der Waals surface area contributed by atoms with Gasteiger partial charge in [0.25, 0.3) is 5.56 Å². The fourth-order valence-electron chi connectivity index (χ4n) is 3.97. The third kappa shape index (κ3) is 2.29. The van der Waals surface area contributed by atoms with E-state index in [-0.39, 0.29) is 22.8 Å². The fourth-order valence-corrected chi connectivity index (χ4v) is 3.97. The number of nitrogens with zero attached hydrogens (tertiary/aromatic N) is 2. The van der Waals surface area contributed by atoms with Crippen molar-refractivity contribution >= 4 is 16.9 Å². The van der Waals surface area contributed by atoms with Crippen molar-refractivity contribution in [1.82, 2.24) is 4.57 Å². The summed E-state index contributed by atoms with van der Waals surface area (Å²) < 4.78 is 12.3. The van der Waals surface area contributed by atoms with E-state index in [1.54, 1.807) is 61.6 Å². The Morgan fingerprint density at radius 2 is 1.83 bits per heavy atom. The molecule has 1 unspecified atom stereocenters. The van der Waals surface area contributed by atoms with Gasteiger partial charge in [0.1, 0.15) is 17.4 Å². The van der Waals surface area contributed by atoms with Crippen LogP contribution in [0.3, 0.4) is 0 Å². The number of aromatic nitrogens is 1. The zero-order chi connectivity index (χ0) is 20.8. The SMILES string of the molecule is COC(=O)C1(c2ccccc2)C(C#N)=C(N)Oc2c1c(=O)n(C)c1ccccc21. The van der Waals surface area contributed by atoms with Crippen molar-refractivity contribution in [2.45, 2.75) is 5.41 Å². The van der Waals surface area contributed by atoms with Crippen LogP contribution < -0.4 is 16.0 Å². The summed E-state index contributed by atoms with van der Waals surface area (Å²) in [5, 5.41) is 10.5. The minimum Gasteiger partial charge on any atom is -0.468 e. The second-order valence-electron chi connectivity index (χ2n) is 6.65. The van der Waals surface area contributed by atoms with Crippen LogP contribution in [0.5, 0.6) is 5.75 Å². The number of esters is 1. The van der Waals surface area contributed by atoms with Crippen LogP contribution in [0.2, 0.25) is 0 Å². The van der Waals surface area contributed by atoms with E-state index in [4.69, 9.17) is 15.2 Å². The predicted molar refractivity (Wildman–Crippen MR) is 106 cm³/mol. The maximum atomic E-state index is 13.5. The van der Waals surface area contributed by atoms with Gasteiger partial charge in [-0.25, -0.2) is 0 Å². The first kappa shape index (κ1) is 18.3. The lowest BCUT2D eigenvalue weighted by molar-refractivity contribution is -0.144. The summed E-state index contributed by atoms with van der Waals surface area (Å²) in [6, 6.07) is 17.6. The quantitative estimate of drug-likeness (QED) is 0.675. The van der Waals surface area contributed by atoms with E-state index in [0.29, 0.717) is 16.5 Å². The Balaban J connectivity index is 2.30. The molecule has 2 aromatic carbocycles. The molecule has 1 aliphatic rings. The lowest BCUT2D eigenvalue weighted by Crippen LogP contribution is -2.48. The van der Waals surface area contributed by atoms with E-state index in [1.165, 1.54) is 11.7 Å². The van der Waals surface area contributed by atoms with Crippen LogP contribution in [0.25, 0.3) is 10.9 Å². The van der Waals surface area contributed by atoms with Crippen molar-refractivity contribution in [3.63, 3.8) is 0 Å². The molecular formula is C22H17N3O4. The van der Waals surface area contributed by atoms with E-state index in [0.717, 1.165) is 0 Å². The molecule has 0 amide bonds. The molecule has 0 bridgehead atoms. The van der Waals surface area contributed by atoms with Crippen LogP contribution in [0.1, 0.15) is 11.1 Å². The molecule has 1 aromatic heterocycles. The minimum atomic E-state index is -1.85.